The van der Waals surface area contributed by atoms with Gasteiger partial charge in [-0.3, -0.25) is 0 Å². The molecule has 1 fully saturated rings. The Bertz CT molecular complexity index is 650. The van der Waals surface area contributed by atoms with Gasteiger partial charge in [0.2, 0.25) is 0 Å². The van der Waals surface area contributed by atoms with Crippen molar-refractivity contribution in [3.05, 3.63) is 11.0 Å². The first-order chi connectivity index (χ1) is 9.10. The van der Waals surface area contributed by atoms with Crippen LogP contribution >= 0.6 is 24.0 Å². The van der Waals surface area contributed by atoms with Crippen molar-refractivity contribution in [2.45, 2.75) is 24.6 Å². The van der Waals surface area contributed by atoms with E-state index in [0.29, 0.717) is 10.7 Å². The smallest absolute Gasteiger partial charge is 0.173 e. The molecule has 0 radical (unpaired) electrons. The largest absolute Gasteiger partial charge is 0.357 e. The molecule has 9 heteroatoms. The third kappa shape index (κ3) is 3.75. The zero-order valence-electron chi connectivity index (χ0n) is 11.3. The molecular weight excluding hydrogens is 338 g/mol. The molecule has 5 nitrogen and oxygen atoms in total. The normalized spacial score (nSPS) is 31.0. The van der Waals surface area contributed by atoms with E-state index < -0.39 is 19.7 Å². The predicted molar refractivity (Wildman–Crippen MR) is 86.3 cm³/mol. The van der Waals surface area contributed by atoms with Crippen molar-refractivity contribution in [2.75, 3.05) is 24.3 Å². The highest BCUT2D eigenvalue weighted by Crippen LogP contribution is 2.31. The molecule has 1 saturated heterocycles. The van der Waals surface area contributed by atoms with Crippen LogP contribution in [0.1, 0.15) is 13.3 Å². The van der Waals surface area contributed by atoms with Gasteiger partial charge in [0.1, 0.15) is 4.32 Å². The van der Waals surface area contributed by atoms with Gasteiger partial charge in [0.05, 0.1) is 17.3 Å². The lowest BCUT2D eigenvalue weighted by Crippen LogP contribution is -2.36. The molecule has 2 aliphatic rings. The summed E-state index contributed by atoms with van der Waals surface area (Å²) in [4.78, 5) is 1.79. The van der Waals surface area contributed by atoms with Crippen LogP contribution in [0, 0.1) is 0 Å². The summed E-state index contributed by atoms with van der Waals surface area (Å²) in [6.07, 6.45) is 0.581. The van der Waals surface area contributed by atoms with Crippen molar-refractivity contribution < 1.29 is 16.8 Å². The van der Waals surface area contributed by atoms with E-state index in [9.17, 15) is 16.8 Å². The lowest BCUT2D eigenvalue weighted by molar-refractivity contribution is 0.409. The second kappa shape index (κ2) is 5.58. The Morgan fingerprint density at radius 1 is 1.35 bits per heavy atom. The lowest BCUT2D eigenvalue weighted by Gasteiger charge is -2.27. The van der Waals surface area contributed by atoms with Crippen molar-refractivity contribution in [3.63, 3.8) is 0 Å². The fourth-order valence-electron chi connectivity index (χ4n) is 2.31. The predicted octanol–water partition coefficient (Wildman–Crippen LogP) is 0.824. The third-order valence-corrected chi connectivity index (χ3v) is 8.92. The molecule has 2 heterocycles. The first kappa shape index (κ1) is 16.3. The summed E-state index contributed by atoms with van der Waals surface area (Å²) < 4.78 is 46.6. The van der Waals surface area contributed by atoms with Crippen LogP contribution < -0.4 is 0 Å². The molecule has 0 spiro atoms. The molecule has 2 rings (SSSR count). The molecule has 0 aromatic carbocycles. The first-order valence-electron chi connectivity index (χ1n) is 6.14. The van der Waals surface area contributed by atoms with Gasteiger partial charge in [-0.2, -0.15) is 0 Å². The number of thioether (sulfide) groups is 1. The van der Waals surface area contributed by atoms with E-state index in [2.05, 4.69) is 0 Å². The molecular formula is C11H17NO4S4. The van der Waals surface area contributed by atoms with Gasteiger partial charge >= 0.3 is 0 Å². The average Bonchev–Trinajstić information content (AvgIpc) is 2.77. The molecule has 20 heavy (non-hydrogen) atoms. The van der Waals surface area contributed by atoms with E-state index in [-0.39, 0.29) is 28.6 Å². The van der Waals surface area contributed by atoms with E-state index in [1.54, 1.807) is 18.9 Å². The summed E-state index contributed by atoms with van der Waals surface area (Å²) in [5.41, 5.74) is 0.796. The fourth-order valence-corrected chi connectivity index (χ4v) is 7.84. The minimum Gasteiger partial charge on any atom is -0.357 e. The summed E-state index contributed by atoms with van der Waals surface area (Å²) in [5, 5.41) is 1.14. The van der Waals surface area contributed by atoms with E-state index >= 15 is 0 Å². The average molecular weight is 356 g/mol. The number of nitrogens with zero attached hydrogens (tertiary/aromatic N) is 1. The molecule has 0 unspecified atom stereocenters. The molecule has 0 aliphatic carbocycles. The number of rotatable bonds is 2. The van der Waals surface area contributed by atoms with Crippen LogP contribution in [0.2, 0.25) is 0 Å². The van der Waals surface area contributed by atoms with Crippen molar-refractivity contribution in [1.29, 1.82) is 0 Å². The van der Waals surface area contributed by atoms with E-state index in [0.717, 1.165) is 5.57 Å². The molecule has 0 amide bonds. The van der Waals surface area contributed by atoms with Crippen molar-refractivity contribution in [1.82, 2.24) is 4.90 Å². The van der Waals surface area contributed by atoms with Gasteiger partial charge < -0.3 is 4.90 Å². The quantitative estimate of drug-likeness (QED) is 0.679. The number of sulfone groups is 2. The van der Waals surface area contributed by atoms with Crippen molar-refractivity contribution in [2.24, 2.45) is 0 Å². The molecule has 2 atom stereocenters. The second-order valence-electron chi connectivity index (χ2n) is 5.23. The Morgan fingerprint density at radius 2 is 2.00 bits per heavy atom. The zero-order chi connectivity index (χ0) is 15.1. The Morgan fingerprint density at radius 3 is 2.45 bits per heavy atom. The summed E-state index contributed by atoms with van der Waals surface area (Å²) in [7, 11) is -4.28. The molecule has 114 valence electrons. The first-order valence-corrected chi connectivity index (χ1v) is 11.0. The molecule has 0 aromatic rings. The highest BCUT2D eigenvalue weighted by Gasteiger charge is 2.34. The summed E-state index contributed by atoms with van der Waals surface area (Å²) in [6.45, 7) is 1.78. The van der Waals surface area contributed by atoms with Crippen LogP contribution in [0.15, 0.2) is 11.0 Å². The van der Waals surface area contributed by atoms with Crippen LogP contribution in [0.3, 0.4) is 0 Å². The van der Waals surface area contributed by atoms with Crippen molar-refractivity contribution in [3.8, 4) is 0 Å². The Kier molecular flexibility index (Phi) is 4.54. The summed E-state index contributed by atoms with van der Waals surface area (Å²) in [6, 6.07) is -0.0951. The molecule has 2 aliphatic heterocycles. The Labute approximate surface area is 129 Å². The van der Waals surface area contributed by atoms with Crippen LogP contribution in [0.25, 0.3) is 0 Å². The molecule has 0 N–H and O–H groups in total. The molecule has 0 saturated carbocycles. The van der Waals surface area contributed by atoms with Crippen LogP contribution in [0.4, 0.5) is 0 Å². The minimum absolute atomic E-state index is 0.0699. The van der Waals surface area contributed by atoms with Gasteiger partial charge in [-0.05, 0) is 18.9 Å². The van der Waals surface area contributed by atoms with Gasteiger partial charge in [-0.25, -0.2) is 16.8 Å². The molecule has 0 aromatic heterocycles. The highest BCUT2D eigenvalue weighted by molar-refractivity contribution is 8.23. The highest BCUT2D eigenvalue weighted by atomic mass is 32.2. The van der Waals surface area contributed by atoms with Crippen molar-refractivity contribution >= 4 is 48.0 Å². The zero-order valence-corrected chi connectivity index (χ0v) is 14.5. The summed E-state index contributed by atoms with van der Waals surface area (Å²) >= 11 is 6.65. The van der Waals surface area contributed by atoms with Crippen LogP contribution in [-0.2, 0) is 19.7 Å². The lowest BCUT2D eigenvalue weighted by atomic mass is 10.2. The number of hydrogen-bond donors (Lipinski definition) is 0. The van der Waals surface area contributed by atoms with Gasteiger partial charge in [0.25, 0.3) is 0 Å². The number of thiocarbonyl (C=S) groups is 1. The van der Waals surface area contributed by atoms with E-state index in [4.69, 9.17) is 12.2 Å². The maximum absolute atomic E-state index is 11.5. The van der Waals surface area contributed by atoms with E-state index in [1.165, 1.54) is 17.2 Å². The Hall–Kier alpha value is -0.120. The van der Waals surface area contributed by atoms with Gasteiger partial charge in [0.15, 0.2) is 19.7 Å². The number of hydrogen-bond acceptors (Lipinski definition) is 6. The third-order valence-electron chi connectivity index (χ3n) is 3.54. The second-order valence-corrected chi connectivity index (χ2v) is 11.2. The Balaban J connectivity index is 1.98. The van der Waals surface area contributed by atoms with E-state index in [1.807, 2.05) is 0 Å². The van der Waals surface area contributed by atoms with Crippen LogP contribution in [0.5, 0.6) is 0 Å². The van der Waals surface area contributed by atoms with Gasteiger partial charge in [0, 0.05) is 23.7 Å². The fraction of sp³-hybridized carbons (Fsp3) is 0.727. The maximum atomic E-state index is 11.5. The van der Waals surface area contributed by atoms with Gasteiger partial charge in [-0.1, -0.05) is 24.0 Å². The SMILES string of the molecule is CC1=CS(=O)(=O)C[C@H]1SC(=S)N(C)[C@@H]1CCS(=O)(=O)C1. The monoisotopic (exact) mass is 355 g/mol. The topological polar surface area (TPSA) is 71.5 Å². The maximum Gasteiger partial charge on any atom is 0.173 e. The minimum atomic E-state index is -3.11. The summed E-state index contributed by atoms with van der Waals surface area (Å²) in [5.74, 6) is 0.397. The molecule has 0 bridgehead atoms. The van der Waals surface area contributed by atoms with Gasteiger partial charge in [-0.15, -0.1) is 0 Å². The van der Waals surface area contributed by atoms with Crippen LogP contribution in [-0.4, -0.2) is 61.7 Å². The standard InChI is InChI=1S/C11H17NO4S4/c1-8-5-20(15,16)7-10(8)18-11(17)12(2)9-3-4-19(13,14)6-9/h5,9-10H,3-4,6-7H2,1-2H3/t9-,10-/m1/s1.